The minimum atomic E-state index is -1.06. The molecule has 0 bridgehead atoms. The molecule has 0 saturated carbocycles. The van der Waals surface area contributed by atoms with Crippen LogP contribution in [0.25, 0.3) is 0 Å². The number of imide groups is 1. The highest BCUT2D eigenvalue weighted by atomic mass is 16.2. The van der Waals surface area contributed by atoms with Crippen LogP contribution in [0.1, 0.15) is 29.2 Å². The first-order valence-corrected chi connectivity index (χ1v) is 7.64. The summed E-state index contributed by atoms with van der Waals surface area (Å²) < 4.78 is 0. The van der Waals surface area contributed by atoms with Gasteiger partial charge in [-0.15, -0.1) is 0 Å². The molecule has 2 aromatic rings. The van der Waals surface area contributed by atoms with Crippen LogP contribution in [-0.4, -0.2) is 16.8 Å². The van der Waals surface area contributed by atoms with Gasteiger partial charge in [0.1, 0.15) is 5.54 Å². The summed E-state index contributed by atoms with van der Waals surface area (Å²) in [6.07, 6.45) is 0. The predicted molar refractivity (Wildman–Crippen MR) is 88.8 cm³/mol. The van der Waals surface area contributed by atoms with Gasteiger partial charge in [-0.3, -0.25) is 9.69 Å². The number of nitriles is 1. The molecule has 1 aliphatic rings. The average molecular weight is 319 g/mol. The number of hydrogen-bond donors (Lipinski definition) is 1. The number of amides is 3. The van der Waals surface area contributed by atoms with E-state index in [-0.39, 0.29) is 12.5 Å². The topological polar surface area (TPSA) is 73.2 Å². The Bertz CT molecular complexity index is 834. The number of carbonyl (C=O) groups excluding carboxylic acids is 2. The van der Waals surface area contributed by atoms with Gasteiger partial charge in [0.2, 0.25) is 0 Å². The number of nitrogens with zero attached hydrogens (tertiary/aromatic N) is 2. The first-order valence-electron chi connectivity index (χ1n) is 7.64. The number of urea groups is 1. The summed E-state index contributed by atoms with van der Waals surface area (Å²) in [4.78, 5) is 26.4. The van der Waals surface area contributed by atoms with Crippen molar-refractivity contribution in [3.8, 4) is 6.07 Å². The molecule has 1 atom stereocenters. The minimum absolute atomic E-state index is 0.178. The van der Waals surface area contributed by atoms with Crippen LogP contribution in [0.2, 0.25) is 0 Å². The number of carbonyl (C=O) groups is 2. The Kier molecular flexibility index (Phi) is 3.82. The summed E-state index contributed by atoms with van der Waals surface area (Å²) in [6.45, 7) is 3.87. The Balaban J connectivity index is 1.85. The van der Waals surface area contributed by atoms with E-state index in [1.54, 1.807) is 31.2 Å². The van der Waals surface area contributed by atoms with E-state index in [1.807, 2.05) is 37.3 Å². The lowest BCUT2D eigenvalue weighted by molar-refractivity contribution is -0.131. The van der Waals surface area contributed by atoms with Gasteiger partial charge in [0.05, 0.1) is 18.2 Å². The molecule has 5 heteroatoms. The van der Waals surface area contributed by atoms with E-state index in [0.717, 1.165) is 16.7 Å². The lowest BCUT2D eigenvalue weighted by Gasteiger charge is -2.22. The second kappa shape index (κ2) is 5.82. The molecule has 0 radical (unpaired) electrons. The van der Waals surface area contributed by atoms with Crippen LogP contribution in [0, 0.1) is 18.3 Å². The molecule has 5 nitrogen and oxygen atoms in total. The van der Waals surface area contributed by atoms with Crippen LogP contribution in [0.15, 0.2) is 48.5 Å². The van der Waals surface area contributed by atoms with Crippen molar-refractivity contribution in [2.45, 2.75) is 25.9 Å². The molecule has 0 aromatic heterocycles. The molecule has 0 spiro atoms. The van der Waals surface area contributed by atoms with Crippen LogP contribution >= 0.6 is 0 Å². The largest absolute Gasteiger partial charge is 0.325 e. The molecule has 2 aromatic carbocycles. The van der Waals surface area contributed by atoms with E-state index in [2.05, 4.69) is 5.32 Å². The van der Waals surface area contributed by atoms with Gasteiger partial charge in [0.25, 0.3) is 5.91 Å². The zero-order chi connectivity index (χ0) is 17.3. The molecular weight excluding hydrogens is 302 g/mol. The van der Waals surface area contributed by atoms with E-state index in [4.69, 9.17) is 5.26 Å². The third-order valence-electron chi connectivity index (χ3n) is 4.33. The van der Waals surface area contributed by atoms with Crippen LogP contribution in [0.4, 0.5) is 4.79 Å². The smallest absolute Gasteiger partial charge is 0.319 e. The fourth-order valence-electron chi connectivity index (χ4n) is 2.79. The van der Waals surface area contributed by atoms with Crippen molar-refractivity contribution >= 4 is 11.9 Å². The molecule has 0 unspecified atom stereocenters. The predicted octanol–water partition coefficient (Wildman–Crippen LogP) is 2.83. The molecule has 3 rings (SSSR count). The van der Waals surface area contributed by atoms with Gasteiger partial charge in [-0.25, -0.2) is 4.79 Å². The highest BCUT2D eigenvalue weighted by Gasteiger charge is 2.48. The summed E-state index contributed by atoms with van der Waals surface area (Å²) >= 11 is 0. The SMILES string of the molecule is Cc1ccc([C@]2(C)NC(=O)N(Cc3ccc(C#N)cc3)C2=O)cc1. The summed E-state index contributed by atoms with van der Waals surface area (Å²) in [5.41, 5.74) is 2.13. The average Bonchev–Trinajstić information content (AvgIpc) is 2.80. The number of rotatable bonds is 3. The molecular formula is C19H17N3O2. The highest BCUT2D eigenvalue weighted by Crippen LogP contribution is 2.30. The third-order valence-corrected chi connectivity index (χ3v) is 4.33. The molecule has 1 fully saturated rings. The van der Waals surface area contributed by atoms with E-state index in [0.29, 0.717) is 5.56 Å². The van der Waals surface area contributed by atoms with Crippen molar-refractivity contribution < 1.29 is 9.59 Å². The lowest BCUT2D eigenvalue weighted by Crippen LogP contribution is -2.40. The van der Waals surface area contributed by atoms with Crippen molar-refractivity contribution in [2.24, 2.45) is 0 Å². The molecule has 120 valence electrons. The van der Waals surface area contributed by atoms with Crippen LogP contribution in [-0.2, 0) is 16.9 Å². The second-order valence-corrected chi connectivity index (χ2v) is 6.12. The summed E-state index contributed by atoms with van der Waals surface area (Å²) in [5.74, 6) is -0.277. The van der Waals surface area contributed by atoms with Gasteiger partial charge in [0, 0.05) is 0 Å². The van der Waals surface area contributed by atoms with Gasteiger partial charge < -0.3 is 5.32 Å². The van der Waals surface area contributed by atoms with E-state index in [9.17, 15) is 9.59 Å². The molecule has 3 amide bonds. The maximum atomic E-state index is 12.8. The van der Waals surface area contributed by atoms with Crippen molar-refractivity contribution in [1.29, 1.82) is 5.26 Å². The molecule has 1 aliphatic heterocycles. The van der Waals surface area contributed by atoms with Gasteiger partial charge >= 0.3 is 6.03 Å². The van der Waals surface area contributed by atoms with E-state index in [1.165, 1.54) is 4.90 Å². The Hall–Kier alpha value is -3.13. The number of benzene rings is 2. The van der Waals surface area contributed by atoms with Gasteiger partial charge in [0.15, 0.2) is 0 Å². The number of nitrogens with one attached hydrogen (secondary N) is 1. The summed E-state index contributed by atoms with van der Waals surface area (Å²) in [6, 6.07) is 16.0. The number of hydrogen-bond acceptors (Lipinski definition) is 3. The summed E-state index contributed by atoms with van der Waals surface area (Å²) in [7, 11) is 0. The molecule has 1 saturated heterocycles. The maximum absolute atomic E-state index is 12.8. The first kappa shape index (κ1) is 15.8. The van der Waals surface area contributed by atoms with Crippen molar-refractivity contribution in [1.82, 2.24) is 10.2 Å². The lowest BCUT2D eigenvalue weighted by atomic mass is 9.91. The fourth-order valence-corrected chi connectivity index (χ4v) is 2.79. The fraction of sp³-hybridized carbons (Fsp3) is 0.211. The summed E-state index contributed by atoms with van der Waals surface area (Å²) in [5, 5.41) is 11.6. The molecule has 24 heavy (non-hydrogen) atoms. The molecule has 1 heterocycles. The van der Waals surface area contributed by atoms with Crippen molar-refractivity contribution in [3.05, 3.63) is 70.8 Å². The number of aryl methyl sites for hydroxylation is 1. The van der Waals surface area contributed by atoms with Gasteiger partial charge in [-0.1, -0.05) is 42.0 Å². The Labute approximate surface area is 140 Å². The second-order valence-electron chi connectivity index (χ2n) is 6.12. The normalized spacial score (nSPS) is 20.0. The zero-order valence-corrected chi connectivity index (χ0v) is 13.5. The van der Waals surface area contributed by atoms with Crippen LogP contribution < -0.4 is 5.32 Å². The van der Waals surface area contributed by atoms with Gasteiger partial charge in [-0.05, 0) is 37.1 Å². The standard InChI is InChI=1S/C19H17N3O2/c1-13-3-9-16(10-4-13)19(2)17(23)22(18(24)21-19)12-15-7-5-14(11-20)6-8-15/h3-10H,12H2,1-2H3,(H,21,24)/t19-/m0/s1. The maximum Gasteiger partial charge on any atom is 0.325 e. The molecule has 1 N–H and O–H groups in total. The third kappa shape index (κ3) is 2.63. The van der Waals surface area contributed by atoms with Crippen molar-refractivity contribution in [2.75, 3.05) is 0 Å². The minimum Gasteiger partial charge on any atom is -0.319 e. The quantitative estimate of drug-likeness (QED) is 0.884. The van der Waals surface area contributed by atoms with Crippen molar-refractivity contribution in [3.63, 3.8) is 0 Å². The first-order chi connectivity index (χ1) is 11.4. The van der Waals surface area contributed by atoms with Gasteiger partial charge in [-0.2, -0.15) is 5.26 Å². The van der Waals surface area contributed by atoms with E-state index >= 15 is 0 Å². The van der Waals surface area contributed by atoms with Crippen LogP contribution in [0.5, 0.6) is 0 Å². The Morgan fingerprint density at radius 2 is 1.71 bits per heavy atom. The van der Waals surface area contributed by atoms with Crippen LogP contribution in [0.3, 0.4) is 0 Å². The Morgan fingerprint density at radius 1 is 1.08 bits per heavy atom. The molecule has 0 aliphatic carbocycles. The highest BCUT2D eigenvalue weighted by molar-refractivity contribution is 6.07. The monoisotopic (exact) mass is 319 g/mol. The zero-order valence-electron chi connectivity index (χ0n) is 13.5. The van der Waals surface area contributed by atoms with E-state index < -0.39 is 11.6 Å². The Morgan fingerprint density at radius 3 is 2.29 bits per heavy atom.